The smallest absolute Gasteiger partial charge is 0.128 e. The van der Waals surface area contributed by atoms with Crippen LogP contribution in [0.3, 0.4) is 0 Å². The minimum absolute atomic E-state index is 0.225. The maximum atomic E-state index is 14.1. The second-order valence-electron chi connectivity index (χ2n) is 4.61. The lowest BCUT2D eigenvalue weighted by atomic mass is 10.0. The summed E-state index contributed by atoms with van der Waals surface area (Å²) in [6.45, 7) is 3.49. The van der Waals surface area contributed by atoms with Crippen molar-refractivity contribution in [3.63, 3.8) is 0 Å². The van der Waals surface area contributed by atoms with Gasteiger partial charge in [-0.05, 0) is 36.7 Å². The van der Waals surface area contributed by atoms with Gasteiger partial charge in [0, 0.05) is 27.7 Å². The molecule has 0 atom stereocenters. The summed E-state index contributed by atoms with van der Waals surface area (Å²) < 4.78 is 14.1. The van der Waals surface area contributed by atoms with Crippen molar-refractivity contribution in [1.82, 2.24) is 5.32 Å². The number of halogens is 3. The Bertz CT molecular complexity index is 599. The van der Waals surface area contributed by atoms with E-state index >= 15 is 0 Å². The van der Waals surface area contributed by atoms with Gasteiger partial charge >= 0.3 is 0 Å². The number of benzene rings is 2. The SMILES string of the molecule is CCCNCc1ccc(-c2ccc(Cl)cc2Cl)cc1F. The van der Waals surface area contributed by atoms with Crippen molar-refractivity contribution in [2.75, 3.05) is 6.54 Å². The number of hydrogen-bond donors (Lipinski definition) is 1. The first-order valence-electron chi connectivity index (χ1n) is 6.56. The molecule has 0 aliphatic rings. The first kappa shape index (κ1) is 15.3. The van der Waals surface area contributed by atoms with Gasteiger partial charge in [0.2, 0.25) is 0 Å². The van der Waals surface area contributed by atoms with E-state index in [0.717, 1.165) is 24.1 Å². The Kier molecular flexibility index (Phi) is 5.41. The van der Waals surface area contributed by atoms with Crippen LogP contribution in [0.15, 0.2) is 36.4 Å². The molecule has 0 aliphatic carbocycles. The second kappa shape index (κ2) is 7.07. The van der Waals surface area contributed by atoms with Crippen LogP contribution in [0.25, 0.3) is 11.1 Å². The van der Waals surface area contributed by atoms with Gasteiger partial charge in [0.1, 0.15) is 5.82 Å². The third kappa shape index (κ3) is 3.72. The molecule has 0 aliphatic heterocycles. The van der Waals surface area contributed by atoms with E-state index in [1.807, 2.05) is 6.07 Å². The molecule has 0 aromatic heterocycles. The van der Waals surface area contributed by atoms with Crippen LogP contribution in [-0.4, -0.2) is 6.54 Å². The number of nitrogens with one attached hydrogen (secondary N) is 1. The van der Waals surface area contributed by atoms with Gasteiger partial charge in [0.25, 0.3) is 0 Å². The van der Waals surface area contributed by atoms with Crippen molar-refractivity contribution in [2.45, 2.75) is 19.9 Å². The Labute approximate surface area is 128 Å². The molecule has 0 amide bonds. The topological polar surface area (TPSA) is 12.0 Å². The van der Waals surface area contributed by atoms with E-state index in [-0.39, 0.29) is 5.82 Å². The summed E-state index contributed by atoms with van der Waals surface area (Å²) in [6, 6.07) is 10.4. The lowest BCUT2D eigenvalue weighted by Gasteiger charge is -2.09. The maximum Gasteiger partial charge on any atom is 0.128 e. The predicted molar refractivity (Wildman–Crippen MR) is 83.9 cm³/mol. The first-order chi connectivity index (χ1) is 9.61. The molecule has 0 bridgehead atoms. The molecule has 0 saturated heterocycles. The van der Waals surface area contributed by atoms with Crippen molar-refractivity contribution < 1.29 is 4.39 Å². The summed E-state index contributed by atoms with van der Waals surface area (Å²) in [7, 11) is 0. The van der Waals surface area contributed by atoms with Crippen LogP contribution >= 0.6 is 23.2 Å². The van der Waals surface area contributed by atoms with Gasteiger partial charge in [0.05, 0.1) is 0 Å². The molecule has 2 rings (SSSR count). The zero-order valence-corrected chi connectivity index (χ0v) is 12.7. The molecule has 2 aromatic rings. The highest BCUT2D eigenvalue weighted by atomic mass is 35.5. The Balaban J connectivity index is 2.24. The molecule has 0 unspecified atom stereocenters. The molecule has 1 nitrogen and oxygen atoms in total. The molecule has 106 valence electrons. The van der Waals surface area contributed by atoms with Crippen molar-refractivity contribution in [1.29, 1.82) is 0 Å². The summed E-state index contributed by atoms with van der Waals surface area (Å²) >= 11 is 12.0. The minimum Gasteiger partial charge on any atom is -0.313 e. The van der Waals surface area contributed by atoms with Gasteiger partial charge in [0.15, 0.2) is 0 Å². The van der Waals surface area contributed by atoms with E-state index in [4.69, 9.17) is 23.2 Å². The average molecular weight is 312 g/mol. The molecule has 0 radical (unpaired) electrons. The lowest BCUT2D eigenvalue weighted by Crippen LogP contribution is -2.14. The van der Waals surface area contributed by atoms with E-state index in [1.54, 1.807) is 24.3 Å². The fourth-order valence-corrected chi connectivity index (χ4v) is 2.50. The Morgan fingerprint density at radius 2 is 1.90 bits per heavy atom. The molecule has 4 heteroatoms. The first-order valence-corrected chi connectivity index (χ1v) is 7.32. The van der Waals surface area contributed by atoms with Crippen molar-refractivity contribution in [3.8, 4) is 11.1 Å². The highest BCUT2D eigenvalue weighted by molar-refractivity contribution is 6.36. The van der Waals surface area contributed by atoms with E-state index < -0.39 is 0 Å². The van der Waals surface area contributed by atoms with E-state index in [9.17, 15) is 4.39 Å². The van der Waals surface area contributed by atoms with E-state index in [2.05, 4.69) is 12.2 Å². The Hall–Kier alpha value is -1.09. The van der Waals surface area contributed by atoms with Crippen LogP contribution in [0.5, 0.6) is 0 Å². The van der Waals surface area contributed by atoms with Crippen LogP contribution in [0.4, 0.5) is 4.39 Å². The summed E-state index contributed by atoms with van der Waals surface area (Å²) in [5.74, 6) is -0.225. The standard InChI is InChI=1S/C16H16Cl2FN/c1-2-7-20-10-12-4-3-11(8-16(12)19)14-6-5-13(17)9-15(14)18/h3-6,8-9,20H,2,7,10H2,1H3. The minimum atomic E-state index is -0.225. The van der Waals surface area contributed by atoms with Crippen LogP contribution < -0.4 is 5.32 Å². The monoisotopic (exact) mass is 311 g/mol. The summed E-state index contributed by atoms with van der Waals surface area (Å²) in [6.07, 6.45) is 1.03. The molecule has 0 saturated carbocycles. The van der Waals surface area contributed by atoms with Gasteiger partial charge in [-0.15, -0.1) is 0 Å². The van der Waals surface area contributed by atoms with Crippen molar-refractivity contribution >= 4 is 23.2 Å². The highest BCUT2D eigenvalue weighted by Gasteiger charge is 2.08. The summed E-state index contributed by atoms with van der Waals surface area (Å²) in [5.41, 5.74) is 2.19. The largest absolute Gasteiger partial charge is 0.313 e. The molecule has 1 N–H and O–H groups in total. The Morgan fingerprint density at radius 1 is 1.10 bits per heavy atom. The molecular weight excluding hydrogens is 296 g/mol. The third-order valence-electron chi connectivity index (χ3n) is 3.04. The number of rotatable bonds is 5. The second-order valence-corrected chi connectivity index (χ2v) is 5.45. The van der Waals surface area contributed by atoms with Gasteiger partial charge in [-0.25, -0.2) is 4.39 Å². The normalized spacial score (nSPS) is 10.8. The maximum absolute atomic E-state index is 14.1. The predicted octanol–water partition coefficient (Wildman–Crippen LogP) is 5.30. The Morgan fingerprint density at radius 3 is 2.55 bits per heavy atom. The average Bonchev–Trinajstić information content (AvgIpc) is 2.41. The fraction of sp³-hybridized carbons (Fsp3) is 0.250. The molecule has 20 heavy (non-hydrogen) atoms. The van der Waals surface area contributed by atoms with Crippen LogP contribution in [0.2, 0.25) is 10.0 Å². The summed E-state index contributed by atoms with van der Waals surface area (Å²) in [4.78, 5) is 0. The van der Waals surface area contributed by atoms with Gasteiger partial charge in [-0.1, -0.05) is 48.3 Å². The third-order valence-corrected chi connectivity index (χ3v) is 3.59. The van der Waals surface area contributed by atoms with Crippen molar-refractivity contribution in [3.05, 3.63) is 57.8 Å². The fourth-order valence-electron chi connectivity index (χ4n) is 1.98. The zero-order valence-electron chi connectivity index (χ0n) is 11.2. The van der Waals surface area contributed by atoms with E-state index in [1.165, 1.54) is 6.07 Å². The molecular formula is C16H16Cl2FN. The zero-order chi connectivity index (χ0) is 14.5. The quantitative estimate of drug-likeness (QED) is 0.739. The van der Waals surface area contributed by atoms with Crippen LogP contribution in [-0.2, 0) is 6.54 Å². The number of hydrogen-bond acceptors (Lipinski definition) is 1. The van der Waals surface area contributed by atoms with Crippen LogP contribution in [0.1, 0.15) is 18.9 Å². The van der Waals surface area contributed by atoms with Crippen molar-refractivity contribution in [2.24, 2.45) is 0 Å². The van der Waals surface area contributed by atoms with Gasteiger partial charge in [-0.2, -0.15) is 0 Å². The summed E-state index contributed by atoms with van der Waals surface area (Å²) in [5, 5.41) is 4.28. The molecule has 0 spiro atoms. The van der Waals surface area contributed by atoms with Gasteiger partial charge in [-0.3, -0.25) is 0 Å². The lowest BCUT2D eigenvalue weighted by molar-refractivity contribution is 0.587. The van der Waals surface area contributed by atoms with E-state index in [0.29, 0.717) is 22.2 Å². The molecule has 0 heterocycles. The molecule has 2 aromatic carbocycles. The highest BCUT2D eigenvalue weighted by Crippen LogP contribution is 2.31. The van der Waals surface area contributed by atoms with Gasteiger partial charge < -0.3 is 5.32 Å². The molecule has 0 fully saturated rings. The van der Waals surface area contributed by atoms with Crippen LogP contribution in [0, 0.1) is 5.82 Å².